The summed E-state index contributed by atoms with van der Waals surface area (Å²) >= 11 is 0. The molecule has 3 rings (SSSR count). The Kier molecular flexibility index (Phi) is 6.53. The van der Waals surface area contributed by atoms with Crippen LogP contribution in [0.5, 0.6) is 5.75 Å². The summed E-state index contributed by atoms with van der Waals surface area (Å²) in [6.45, 7) is 4.42. The van der Waals surface area contributed by atoms with Crippen LogP contribution in [0.1, 0.15) is 26.2 Å². The fourth-order valence-electron chi connectivity index (χ4n) is 3.32. The van der Waals surface area contributed by atoms with Crippen molar-refractivity contribution in [1.29, 1.82) is 0 Å². The van der Waals surface area contributed by atoms with Gasteiger partial charge >= 0.3 is 0 Å². The fourth-order valence-corrected chi connectivity index (χ4v) is 3.32. The summed E-state index contributed by atoms with van der Waals surface area (Å²) in [7, 11) is 1.53. The summed E-state index contributed by atoms with van der Waals surface area (Å²) in [6, 6.07) is 14.9. The van der Waals surface area contributed by atoms with E-state index in [-0.39, 0.29) is 18.2 Å². The van der Waals surface area contributed by atoms with Gasteiger partial charge in [0.15, 0.2) is 0 Å². The van der Waals surface area contributed by atoms with Crippen LogP contribution in [0.3, 0.4) is 0 Å². The van der Waals surface area contributed by atoms with E-state index < -0.39 is 0 Å². The van der Waals surface area contributed by atoms with E-state index >= 15 is 0 Å². The zero-order chi connectivity index (χ0) is 19.9. The number of carbonyl (C=O) groups excluding carboxylic acids is 2. The number of para-hydroxylation sites is 2. The Morgan fingerprint density at radius 2 is 1.64 bits per heavy atom. The summed E-state index contributed by atoms with van der Waals surface area (Å²) in [5.74, 6) is 0.601. The number of methoxy groups -OCH3 is 1. The molecule has 2 aromatic carbocycles. The molecule has 1 heterocycles. The highest BCUT2D eigenvalue weighted by Crippen LogP contribution is 2.25. The molecule has 0 unspecified atom stereocenters. The summed E-state index contributed by atoms with van der Waals surface area (Å²) in [5, 5.41) is 5.48. The maximum absolute atomic E-state index is 12.2. The Balaban J connectivity index is 1.51. The highest BCUT2D eigenvalue weighted by Gasteiger charge is 2.16. The number of hydrogen-bond donors (Lipinski definition) is 2. The maximum Gasteiger partial charge on any atom is 0.233 e. The van der Waals surface area contributed by atoms with E-state index in [1.54, 1.807) is 18.2 Å². The SMILES string of the molecule is COc1ccccc1NC(=O)CC(=O)Nc1ccc(N2CCC(C)CC2)cc1. The standard InChI is InChI=1S/C22H27N3O3/c1-16-11-13-25(14-12-16)18-9-7-17(8-10-18)23-21(26)15-22(27)24-19-5-3-4-6-20(19)28-2/h3-10,16H,11-15H2,1-2H3,(H,23,26)(H,24,27). The maximum atomic E-state index is 12.2. The van der Waals surface area contributed by atoms with Gasteiger partial charge in [0.25, 0.3) is 0 Å². The summed E-state index contributed by atoms with van der Waals surface area (Å²) < 4.78 is 5.19. The Labute approximate surface area is 165 Å². The second-order valence-corrected chi connectivity index (χ2v) is 7.19. The first-order valence-corrected chi connectivity index (χ1v) is 9.63. The summed E-state index contributed by atoms with van der Waals surface area (Å²) in [4.78, 5) is 26.7. The molecular weight excluding hydrogens is 354 g/mol. The molecule has 28 heavy (non-hydrogen) atoms. The topological polar surface area (TPSA) is 70.7 Å². The third kappa shape index (κ3) is 5.25. The fraction of sp³-hybridized carbons (Fsp3) is 0.364. The first-order chi connectivity index (χ1) is 13.5. The Hall–Kier alpha value is -3.02. The number of benzene rings is 2. The minimum atomic E-state index is -0.388. The first-order valence-electron chi connectivity index (χ1n) is 9.63. The van der Waals surface area contributed by atoms with Crippen LogP contribution in [0.2, 0.25) is 0 Å². The van der Waals surface area contributed by atoms with Gasteiger partial charge in [0.2, 0.25) is 11.8 Å². The van der Waals surface area contributed by atoms with Gasteiger partial charge in [0.05, 0.1) is 12.8 Å². The van der Waals surface area contributed by atoms with Crippen molar-refractivity contribution in [2.45, 2.75) is 26.2 Å². The lowest BCUT2D eigenvalue weighted by Crippen LogP contribution is -2.32. The second kappa shape index (κ2) is 9.26. The lowest BCUT2D eigenvalue weighted by atomic mass is 9.99. The predicted molar refractivity (Wildman–Crippen MR) is 112 cm³/mol. The molecule has 6 nitrogen and oxygen atoms in total. The molecule has 0 spiro atoms. The number of nitrogens with one attached hydrogen (secondary N) is 2. The van der Waals surface area contributed by atoms with Crippen molar-refractivity contribution < 1.29 is 14.3 Å². The van der Waals surface area contributed by atoms with Crippen molar-refractivity contribution in [2.24, 2.45) is 5.92 Å². The Morgan fingerprint density at radius 1 is 1.00 bits per heavy atom. The van der Waals surface area contributed by atoms with Gasteiger partial charge < -0.3 is 20.3 Å². The van der Waals surface area contributed by atoms with E-state index in [1.165, 1.54) is 25.6 Å². The Bertz CT molecular complexity index is 812. The molecule has 2 N–H and O–H groups in total. The van der Waals surface area contributed by atoms with Gasteiger partial charge in [-0.1, -0.05) is 19.1 Å². The highest BCUT2D eigenvalue weighted by molar-refractivity contribution is 6.08. The minimum Gasteiger partial charge on any atom is -0.495 e. The number of carbonyl (C=O) groups is 2. The molecule has 6 heteroatoms. The molecule has 1 fully saturated rings. The lowest BCUT2D eigenvalue weighted by molar-refractivity contribution is -0.123. The van der Waals surface area contributed by atoms with Crippen LogP contribution in [-0.4, -0.2) is 32.0 Å². The minimum absolute atomic E-state index is 0.260. The average Bonchev–Trinajstić information content (AvgIpc) is 2.69. The molecule has 0 bridgehead atoms. The van der Waals surface area contributed by atoms with E-state index in [9.17, 15) is 9.59 Å². The number of anilines is 3. The van der Waals surface area contributed by atoms with Crippen LogP contribution in [0.25, 0.3) is 0 Å². The number of amides is 2. The van der Waals surface area contributed by atoms with Gasteiger partial charge in [-0.2, -0.15) is 0 Å². The molecule has 2 aromatic rings. The van der Waals surface area contributed by atoms with Gasteiger partial charge in [-0.3, -0.25) is 9.59 Å². The molecule has 0 aromatic heterocycles. The number of nitrogens with zero attached hydrogens (tertiary/aromatic N) is 1. The van der Waals surface area contributed by atoms with Gasteiger partial charge in [-0.05, 0) is 55.2 Å². The molecular formula is C22H27N3O3. The van der Waals surface area contributed by atoms with Crippen molar-refractivity contribution in [3.63, 3.8) is 0 Å². The molecule has 0 atom stereocenters. The van der Waals surface area contributed by atoms with Gasteiger partial charge in [-0.25, -0.2) is 0 Å². The van der Waals surface area contributed by atoms with Crippen LogP contribution in [0, 0.1) is 5.92 Å². The van der Waals surface area contributed by atoms with Crippen LogP contribution < -0.4 is 20.3 Å². The van der Waals surface area contributed by atoms with Gasteiger partial charge in [0.1, 0.15) is 12.2 Å². The van der Waals surface area contributed by atoms with E-state index in [2.05, 4.69) is 22.5 Å². The van der Waals surface area contributed by atoms with E-state index in [4.69, 9.17) is 4.74 Å². The van der Waals surface area contributed by atoms with Crippen molar-refractivity contribution in [2.75, 3.05) is 35.7 Å². The smallest absolute Gasteiger partial charge is 0.233 e. The van der Waals surface area contributed by atoms with Crippen LogP contribution in [0.15, 0.2) is 48.5 Å². The van der Waals surface area contributed by atoms with E-state index in [1.807, 2.05) is 30.3 Å². The third-order valence-electron chi connectivity index (χ3n) is 5.00. The number of hydrogen-bond acceptors (Lipinski definition) is 4. The molecule has 1 saturated heterocycles. The van der Waals surface area contributed by atoms with Crippen LogP contribution in [0.4, 0.5) is 17.1 Å². The zero-order valence-corrected chi connectivity index (χ0v) is 16.4. The average molecular weight is 381 g/mol. The molecule has 0 aliphatic carbocycles. The summed E-state index contributed by atoms with van der Waals surface area (Å²) in [5.41, 5.74) is 2.39. The van der Waals surface area contributed by atoms with E-state index in [0.717, 1.165) is 19.0 Å². The van der Waals surface area contributed by atoms with E-state index in [0.29, 0.717) is 17.1 Å². The van der Waals surface area contributed by atoms with Gasteiger partial charge in [0, 0.05) is 24.5 Å². The first kappa shape index (κ1) is 19.7. The zero-order valence-electron chi connectivity index (χ0n) is 16.4. The molecule has 148 valence electrons. The second-order valence-electron chi connectivity index (χ2n) is 7.19. The molecule has 0 saturated carbocycles. The number of rotatable bonds is 6. The molecule has 1 aliphatic rings. The van der Waals surface area contributed by atoms with Crippen molar-refractivity contribution in [3.05, 3.63) is 48.5 Å². The molecule has 2 amide bonds. The third-order valence-corrected chi connectivity index (χ3v) is 5.00. The largest absolute Gasteiger partial charge is 0.495 e. The Morgan fingerprint density at radius 3 is 2.32 bits per heavy atom. The van der Waals surface area contributed by atoms with Crippen LogP contribution >= 0.6 is 0 Å². The quantitative estimate of drug-likeness (QED) is 0.745. The normalized spacial score (nSPS) is 14.4. The van der Waals surface area contributed by atoms with Crippen LogP contribution in [-0.2, 0) is 9.59 Å². The van der Waals surface area contributed by atoms with Crippen molar-refractivity contribution >= 4 is 28.9 Å². The van der Waals surface area contributed by atoms with Crippen molar-refractivity contribution in [1.82, 2.24) is 0 Å². The summed E-state index contributed by atoms with van der Waals surface area (Å²) in [6.07, 6.45) is 2.16. The monoisotopic (exact) mass is 381 g/mol. The number of ether oxygens (including phenoxy) is 1. The lowest BCUT2D eigenvalue weighted by Gasteiger charge is -2.32. The number of piperidine rings is 1. The van der Waals surface area contributed by atoms with Crippen molar-refractivity contribution in [3.8, 4) is 5.75 Å². The molecule has 0 radical (unpaired) electrons. The predicted octanol–water partition coefficient (Wildman–Crippen LogP) is 3.90. The highest BCUT2D eigenvalue weighted by atomic mass is 16.5. The van der Waals surface area contributed by atoms with Gasteiger partial charge in [-0.15, -0.1) is 0 Å². The molecule has 1 aliphatic heterocycles.